The molecule has 0 unspecified atom stereocenters. The van der Waals surface area contributed by atoms with E-state index in [1.54, 1.807) is 19.3 Å². The monoisotopic (exact) mass is 360 g/mol. The van der Waals surface area contributed by atoms with Gasteiger partial charge in [-0.05, 0) is 12.1 Å². The van der Waals surface area contributed by atoms with E-state index in [1.807, 2.05) is 18.2 Å². The Morgan fingerprint density at radius 2 is 2.08 bits per heavy atom. The third-order valence-corrected chi connectivity index (χ3v) is 6.52. The van der Waals surface area contributed by atoms with Gasteiger partial charge in [0.15, 0.2) is 5.58 Å². The zero-order valence-electron chi connectivity index (χ0n) is 13.5. The number of amides is 1. The van der Waals surface area contributed by atoms with Crippen LogP contribution in [-0.4, -0.2) is 52.3 Å². The molecule has 130 valence electrons. The van der Waals surface area contributed by atoms with E-state index in [4.69, 9.17) is 4.52 Å². The number of aryl methyl sites for hydroxylation is 1. The predicted molar refractivity (Wildman–Crippen MR) is 88.5 cm³/mol. The summed E-state index contributed by atoms with van der Waals surface area (Å²) < 4.78 is 31.7. The maximum absolute atomic E-state index is 12.5. The van der Waals surface area contributed by atoms with Gasteiger partial charge in [-0.2, -0.15) is 0 Å². The van der Waals surface area contributed by atoms with Gasteiger partial charge in [-0.1, -0.05) is 17.3 Å². The number of hydrogen-bond acceptors (Lipinski definition) is 6. The molecular formula is C16H16N4O4S. The number of carbonyl (C=O) groups is 1. The van der Waals surface area contributed by atoms with Crippen molar-refractivity contribution in [2.45, 2.75) is 16.8 Å². The summed E-state index contributed by atoms with van der Waals surface area (Å²) in [5.74, 6) is -0.162. The van der Waals surface area contributed by atoms with Crippen molar-refractivity contribution in [3.63, 3.8) is 0 Å². The van der Waals surface area contributed by atoms with E-state index in [9.17, 15) is 13.2 Å². The van der Waals surface area contributed by atoms with Crippen LogP contribution in [0.1, 0.15) is 5.69 Å². The number of imidazole rings is 1. The molecule has 1 aliphatic heterocycles. The lowest BCUT2D eigenvalue weighted by Gasteiger charge is -2.38. The van der Waals surface area contributed by atoms with Gasteiger partial charge in [0.2, 0.25) is 20.9 Å². The van der Waals surface area contributed by atoms with Crippen LogP contribution >= 0.6 is 0 Å². The number of fused-ring (bicyclic) bond motifs is 1. The van der Waals surface area contributed by atoms with Crippen LogP contribution in [0.2, 0.25) is 0 Å². The SMILES string of the molecule is Cn1ccnc1S(=O)(=O)C1CN(C(=O)Cc2noc3ccccc23)C1. The summed E-state index contributed by atoms with van der Waals surface area (Å²) in [5.41, 5.74) is 1.19. The number of rotatable bonds is 4. The average Bonchev–Trinajstić information content (AvgIpc) is 3.13. The molecule has 8 nitrogen and oxygen atoms in total. The van der Waals surface area contributed by atoms with E-state index in [2.05, 4.69) is 10.1 Å². The van der Waals surface area contributed by atoms with Crippen molar-refractivity contribution in [3.8, 4) is 0 Å². The maximum Gasteiger partial charge on any atom is 0.228 e. The highest BCUT2D eigenvalue weighted by molar-refractivity contribution is 7.92. The third-order valence-electron chi connectivity index (χ3n) is 4.44. The summed E-state index contributed by atoms with van der Waals surface area (Å²) in [7, 11) is -1.89. The minimum absolute atomic E-state index is 0.0343. The van der Waals surface area contributed by atoms with Crippen molar-refractivity contribution in [1.82, 2.24) is 19.6 Å². The fraction of sp³-hybridized carbons (Fsp3) is 0.312. The fourth-order valence-corrected chi connectivity index (χ4v) is 4.65. The first kappa shape index (κ1) is 15.8. The van der Waals surface area contributed by atoms with Gasteiger partial charge in [0.25, 0.3) is 0 Å². The molecule has 0 radical (unpaired) electrons. The smallest absolute Gasteiger partial charge is 0.228 e. The minimum Gasteiger partial charge on any atom is -0.356 e. The van der Waals surface area contributed by atoms with E-state index >= 15 is 0 Å². The molecule has 2 aromatic heterocycles. The topological polar surface area (TPSA) is 98.3 Å². The highest BCUT2D eigenvalue weighted by atomic mass is 32.2. The highest BCUT2D eigenvalue weighted by Gasteiger charge is 2.42. The lowest BCUT2D eigenvalue weighted by molar-refractivity contribution is -0.133. The molecule has 0 spiro atoms. The number of likely N-dealkylation sites (tertiary alicyclic amines) is 1. The molecule has 0 saturated carbocycles. The van der Waals surface area contributed by atoms with Gasteiger partial charge in [0, 0.05) is 37.9 Å². The molecule has 9 heteroatoms. The summed E-state index contributed by atoms with van der Waals surface area (Å²) in [5, 5.41) is 4.16. The van der Waals surface area contributed by atoms with Crippen LogP contribution < -0.4 is 0 Å². The molecule has 1 fully saturated rings. The lowest BCUT2D eigenvalue weighted by Crippen LogP contribution is -2.57. The third kappa shape index (κ3) is 2.60. The number of aromatic nitrogens is 3. The predicted octanol–water partition coefficient (Wildman–Crippen LogP) is 0.788. The molecule has 0 atom stereocenters. The van der Waals surface area contributed by atoms with Crippen LogP contribution in [0.5, 0.6) is 0 Å². The minimum atomic E-state index is -3.53. The Bertz CT molecular complexity index is 1050. The summed E-state index contributed by atoms with van der Waals surface area (Å²) >= 11 is 0. The van der Waals surface area contributed by atoms with Crippen LogP contribution in [0.3, 0.4) is 0 Å². The van der Waals surface area contributed by atoms with Crippen LogP contribution in [0.25, 0.3) is 11.0 Å². The summed E-state index contributed by atoms with van der Waals surface area (Å²) in [6.45, 7) is 0.341. The number of benzene rings is 1. The second kappa shape index (κ2) is 5.69. The Labute approximate surface area is 144 Å². The Hall–Kier alpha value is -2.68. The number of para-hydroxylation sites is 1. The number of nitrogens with zero attached hydrogens (tertiary/aromatic N) is 4. The van der Waals surface area contributed by atoms with Gasteiger partial charge in [-0.15, -0.1) is 0 Å². The van der Waals surface area contributed by atoms with Crippen LogP contribution in [0.15, 0.2) is 46.3 Å². The molecule has 1 amide bonds. The molecule has 4 rings (SSSR count). The van der Waals surface area contributed by atoms with Crippen molar-refractivity contribution in [1.29, 1.82) is 0 Å². The van der Waals surface area contributed by atoms with Crippen LogP contribution in [0.4, 0.5) is 0 Å². The Morgan fingerprint density at radius 3 is 2.80 bits per heavy atom. The van der Waals surface area contributed by atoms with E-state index < -0.39 is 15.1 Å². The maximum atomic E-state index is 12.5. The summed E-state index contributed by atoms with van der Waals surface area (Å²) in [6, 6.07) is 7.32. The molecule has 0 aliphatic carbocycles. The van der Waals surface area contributed by atoms with Gasteiger partial charge in [0.1, 0.15) is 10.9 Å². The van der Waals surface area contributed by atoms with Crippen molar-refractivity contribution in [2.24, 2.45) is 7.05 Å². The first-order valence-corrected chi connectivity index (χ1v) is 9.34. The second-order valence-electron chi connectivity index (χ2n) is 6.09. The van der Waals surface area contributed by atoms with Crippen molar-refractivity contribution in [2.75, 3.05) is 13.1 Å². The quantitative estimate of drug-likeness (QED) is 0.682. The Kier molecular flexibility index (Phi) is 3.60. The standard InChI is InChI=1S/C16H16N4O4S/c1-19-7-6-17-16(19)25(22,23)11-9-20(10-11)15(21)8-13-12-4-2-3-5-14(12)24-18-13/h2-7,11H,8-10H2,1H3. The average molecular weight is 360 g/mol. The number of hydrogen-bond donors (Lipinski definition) is 0. The first-order chi connectivity index (χ1) is 12.0. The first-order valence-electron chi connectivity index (χ1n) is 7.79. The van der Waals surface area contributed by atoms with Crippen molar-refractivity contribution < 1.29 is 17.7 Å². The van der Waals surface area contributed by atoms with E-state index in [1.165, 1.54) is 15.7 Å². The van der Waals surface area contributed by atoms with E-state index in [0.717, 1.165) is 5.39 Å². The molecule has 25 heavy (non-hydrogen) atoms. The van der Waals surface area contributed by atoms with Crippen LogP contribution in [0, 0.1) is 0 Å². The molecule has 1 aromatic carbocycles. The second-order valence-corrected chi connectivity index (χ2v) is 8.21. The van der Waals surface area contributed by atoms with Crippen LogP contribution in [-0.2, 0) is 28.1 Å². The molecule has 1 saturated heterocycles. The lowest BCUT2D eigenvalue weighted by atomic mass is 10.1. The fourth-order valence-electron chi connectivity index (χ4n) is 2.93. The van der Waals surface area contributed by atoms with Crippen molar-refractivity contribution in [3.05, 3.63) is 42.4 Å². The van der Waals surface area contributed by atoms with E-state index in [-0.39, 0.29) is 30.6 Å². The highest BCUT2D eigenvalue weighted by Crippen LogP contribution is 2.24. The zero-order valence-corrected chi connectivity index (χ0v) is 14.3. The number of carbonyl (C=O) groups excluding carboxylic acids is 1. The molecule has 3 heterocycles. The Balaban J connectivity index is 1.44. The normalized spacial score (nSPS) is 15.5. The van der Waals surface area contributed by atoms with Gasteiger partial charge in [-0.25, -0.2) is 13.4 Å². The Morgan fingerprint density at radius 1 is 1.32 bits per heavy atom. The zero-order chi connectivity index (χ0) is 17.6. The molecule has 3 aromatic rings. The van der Waals surface area contributed by atoms with E-state index in [0.29, 0.717) is 11.3 Å². The molecule has 0 N–H and O–H groups in total. The number of sulfone groups is 1. The van der Waals surface area contributed by atoms with Gasteiger partial charge in [0.05, 0.1) is 6.42 Å². The van der Waals surface area contributed by atoms with Crippen molar-refractivity contribution >= 4 is 26.7 Å². The van der Waals surface area contributed by atoms with Gasteiger partial charge < -0.3 is 14.0 Å². The molecule has 1 aliphatic rings. The molecular weight excluding hydrogens is 344 g/mol. The molecule has 0 bridgehead atoms. The summed E-state index contributed by atoms with van der Waals surface area (Å²) in [4.78, 5) is 17.8. The largest absolute Gasteiger partial charge is 0.356 e. The van der Waals surface area contributed by atoms with Gasteiger partial charge in [-0.3, -0.25) is 4.79 Å². The van der Waals surface area contributed by atoms with Gasteiger partial charge >= 0.3 is 0 Å². The summed E-state index contributed by atoms with van der Waals surface area (Å²) in [6.07, 6.45) is 3.13.